The van der Waals surface area contributed by atoms with Gasteiger partial charge in [0.1, 0.15) is 11.2 Å². The van der Waals surface area contributed by atoms with Crippen molar-refractivity contribution in [3.63, 3.8) is 0 Å². The van der Waals surface area contributed by atoms with Crippen molar-refractivity contribution >= 4 is 45.1 Å². The molecule has 11 aromatic carbocycles. The van der Waals surface area contributed by atoms with E-state index in [-0.39, 0.29) is 0 Å². The molecule has 0 aliphatic heterocycles. The highest BCUT2D eigenvalue weighted by molar-refractivity contribution is 6.06. The minimum atomic E-state index is -0.619. The van der Waals surface area contributed by atoms with Gasteiger partial charge in [-0.15, -0.1) is 0 Å². The van der Waals surface area contributed by atoms with E-state index in [9.17, 15) is 0 Å². The van der Waals surface area contributed by atoms with Crippen LogP contribution in [0, 0.1) is 0 Å². The van der Waals surface area contributed by atoms with Crippen LogP contribution >= 0.6 is 0 Å². The van der Waals surface area contributed by atoms with Crippen molar-refractivity contribution in [1.82, 2.24) is 0 Å². The van der Waals surface area contributed by atoms with Crippen LogP contribution in [0.2, 0.25) is 0 Å². The molecule has 14 rings (SSSR count). The Labute approximate surface area is 426 Å². The molecular formula is C71H49NO. The zero-order valence-corrected chi connectivity index (χ0v) is 40.2. The number of benzene rings is 11. The van der Waals surface area contributed by atoms with Gasteiger partial charge >= 0.3 is 0 Å². The number of hydrogen-bond acceptors (Lipinski definition) is 2. The second kappa shape index (κ2) is 17.6. The van der Waals surface area contributed by atoms with Gasteiger partial charge < -0.3 is 9.32 Å². The Hall–Kier alpha value is -9.24. The molecule has 2 aliphatic carbocycles. The highest BCUT2D eigenvalue weighted by atomic mass is 16.3. The number of fused-ring (bicyclic) bond motifs is 7. The molecule has 0 amide bonds. The number of anilines is 3. The third-order valence-electron chi connectivity index (χ3n) is 15.5. The topological polar surface area (TPSA) is 16.4 Å². The standard InChI is InChI=1S/C71H49NO/c1-4-16-48(17-5-1)49-30-36-58(37-31-49)72(59-38-32-50(33-39-59)54-35-42-66-65-27-12-13-29-69(65)73-70(66)46-54)60-40-43-64-63-41-34-53(52-20-14-21-55(44-52)62-28-15-19-51-18-10-11-26-61(51)62)45-67(63)71(68(64)47-60,56-22-6-2-7-23-56)57-24-8-3-9-25-57/h1-27,29-47,62H,28H2. The summed E-state index contributed by atoms with van der Waals surface area (Å²) in [6.07, 6.45) is 5.59. The van der Waals surface area contributed by atoms with Crippen molar-refractivity contribution in [2.75, 3.05) is 4.90 Å². The van der Waals surface area contributed by atoms with Crippen LogP contribution in [0.3, 0.4) is 0 Å². The van der Waals surface area contributed by atoms with E-state index in [0.29, 0.717) is 5.92 Å². The summed E-state index contributed by atoms with van der Waals surface area (Å²) >= 11 is 0. The van der Waals surface area contributed by atoms with E-state index in [1.165, 1.54) is 72.3 Å². The molecule has 344 valence electrons. The molecule has 0 saturated carbocycles. The molecule has 0 bridgehead atoms. The highest BCUT2D eigenvalue weighted by Gasteiger charge is 2.46. The van der Waals surface area contributed by atoms with Crippen molar-refractivity contribution in [3.05, 3.63) is 312 Å². The summed E-state index contributed by atoms with van der Waals surface area (Å²) in [7, 11) is 0. The molecule has 2 nitrogen and oxygen atoms in total. The largest absolute Gasteiger partial charge is 0.456 e. The maximum atomic E-state index is 6.33. The molecule has 1 atom stereocenters. The number of furan rings is 1. The zero-order chi connectivity index (χ0) is 48.3. The Morgan fingerprint density at radius 2 is 0.890 bits per heavy atom. The first-order valence-electron chi connectivity index (χ1n) is 25.4. The first-order chi connectivity index (χ1) is 36.2. The van der Waals surface area contributed by atoms with E-state index in [1.807, 2.05) is 12.1 Å². The lowest BCUT2D eigenvalue weighted by atomic mass is 9.67. The van der Waals surface area contributed by atoms with Gasteiger partial charge in [0, 0.05) is 33.8 Å². The van der Waals surface area contributed by atoms with Crippen molar-refractivity contribution in [2.45, 2.75) is 17.8 Å². The van der Waals surface area contributed by atoms with E-state index >= 15 is 0 Å². The summed E-state index contributed by atoms with van der Waals surface area (Å²) < 4.78 is 6.33. The van der Waals surface area contributed by atoms with Gasteiger partial charge in [-0.1, -0.05) is 218 Å². The predicted octanol–water partition coefficient (Wildman–Crippen LogP) is 19.0. The zero-order valence-electron chi connectivity index (χ0n) is 40.2. The number of rotatable bonds is 9. The van der Waals surface area contributed by atoms with Gasteiger partial charge in [0.25, 0.3) is 0 Å². The van der Waals surface area contributed by atoms with Crippen LogP contribution in [-0.2, 0) is 5.41 Å². The smallest absolute Gasteiger partial charge is 0.136 e. The highest BCUT2D eigenvalue weighted by Crippen LogP contribution is 2.58. The Bertz CT molecular complexity index is 4000. The number of nitrogens with zero attached hydrogens (tertiary/aromatic N) is 1. The number of allylic oxidation sites excluding steroid dienone is 1. The van der Waals surface area contributed by atoms with Crippen molar-refractivity contribution in [2.24, 2.45) is 0 Å². The van der Waals surface area contributed by atoms with Gasteiger partial charge in [-0.25, -0.2) is 0 Å². The first-order valence-corrected chi connectivity index (χ1v) is 25.4. The van der Waals surface area contributed by atoms with Gasteiger partial charge in [0.2, 0.25) is 0 Å². The fourth-order valence-electron chi connectivity index (χ4n) is 12.1. The van der Waals surface area contributed by atoms with Crippen LogP contribution in [0.25, 0.3) is 72.5 Å². The second-order valence-electron chi connectivity index (χ2n) is 19.5. The number of para-hydroxylation sites is 1. The molecule has 2 aliphatic rings. The van der Waals surface area contributed by atoms with E-state index in [4.69, 9.17) is 4.42 Å². The summed E-state index contributed by atoms with van der Waals surface area (Å²) in [6, 6.07) is 98.3. The quantitative estimate of drug-likeness (QED) is 0.143. The third kappa shape index (κ3) is 7.17. The van der Waals surface area contributed by atoms with Crippen LogP contribution in [0.1, 0.15) is 51.3 Å². The molecule has 1 aromatic heterocycles. The lowest BCUT2D eigenvalue weighted by Gasteiger charge is -2.35. The van der Waals surface area contributed by atoms with Crippen LogP contribution in [0.4, 0.5) is 17.1 Å². The summed E-state index contributed by atoms with van der Waals surface area (Å²) in [5, 5.41) is 2.27. The maximum Gasteiger partial charge on any atom is 0.136 e. The van der Waals surface area contributed by atoms with Gasteiger partial charge in [-0.3, -0.25) is 0 Å². The van der Waals surface area contributed by atoms with Gasteiger partial charge in [-0.2, -0.15) is 0 Å². The SMILES string of the molecule is C1=Cc2ccccc2C(c2cccc(-c3ccc4c(c3)C(c3ccccc3)(c3ccccc3)c3cc(N(c5ccc(-c6ccccc6)cc5)c5ccc(-c6ccc7c(c6)oc6ccccc67)cc5)ccc3-4)c2)C1. The first kappa shape index (κ1) is 42.6. The molecule has 0 radical (unpaired) electrons. The van der Waals surface area contributed by atoms with Crippen LogP contribution in [0.5, 0.6) is 0 Å². The Morgan fingerprint density at radius 3 is 1.63 bits per heavy atom. The van der Waals surface area contributed by atoms with Gasteiger partial charge in [-0.05, 0) is 151 Å². The van der Waals surface area contributed by atoms with Crippen LogP contribution < -0.4 is 4.90 Å². The molecule has 1 heterocycles. The summed E-state index contributed by atoms with van der Waals surface area (Å²) in [5.41, 5.74) is 23.0. The van der Waals surface area contributed by atoms with Crippen molar-refractivity contribution < 1.29 is 4.42 Å². The molecule has 12 aromatic rings. The second-order valence-corrected chi connectivity index (χ2v) is 19.5. The van der Waals surface area contributed by atoms with Gasteiger partial charge in [0.15, 0.2) is 0 Å². The third-order valence-corrected chi connectivity index (χ3v) is 15.5. The molecule has 1 unspecified atom stereocenters. The normalized spacial score (nSPS) is 14.2. The molecule has 73 heavy (non-hydrogen) atoms. The van der Waals surface area contributed by atoms with Crippen molar-refractivity contribution in [3.8, 4) is 44.5 Å². The summed E-state index contributed by atoms with van der Waals surface area (Å²) in [4.78, 5) is 2.42. The lowest BCUT2D eigenvalue weighted by Crippen LogP contribution is -2.28. The Balaban J connectivity index is 0.923. The minimum Gasteiger partial charge on any atom is -0.456 e. The van der Waals surface area contributed by atoms with E-state index < -0.39 is 5.41 Å². The Morgan fingerprint density at radius 1 is 0.370 bits per heavy atom. The van der Waals surface area contributed by atoms with Crippen LogP contribution in [-0.4, -0.2) is 0 Å². The summed E-state index contributed by atoms with van der Waals surface area (Å²) in [6.45, 7) is 0. The fraction of sp³-hybridized carbons (Fsp3) is 0.0423. The molecule has 0 N–H and O–H groups in total. The number of hydrogen-bond donors (Lipinski definition) is 0. The van der Waals surface area contributed by atoms with E-state index in [1.54, 1.807) is 0 Å². The fourth-order valence-corrected chi connectivity index (χ4v) is 12.1. The Kier molecular flexibility index (Phi) is 10.3. The molecular weight excluding hydrogens is 883 g/mol. The van der Waals surface area contributed by atoms with Gasteiger partial charge in [0.05, 0.1) is 5.41 Å². The molecule has 0 fully saturated rings. The molecule has 0 saturated heterocycles. The monoisotopic (exact) mass is 931 g/mol. The predicted molar refractivity (Wildman–Crippen MR) is 304 cm³/mol. The van der Waals surface area contributed by atoms with Crippen molar-refractivity contribution in [1.29, 1.82) is 0 Å². The summed E-state index contributed by atoms with van der Waals surface area (Å²) in [5.74, 6) is 0.312. The average molecular weight is 932 g/mol. The van der Waals surface area contributed by atoms with Crippen LogP contribution in [0.15, 0.2) is 277 Å². The van der Waals surface area contributed by atoms with E-state index in [0.717, 1.165) is 56.5 Å². The molecule has 0 spiro atoms. The molecule has 2 heteroatoms. The minimum absolute atomic E-state index is 0.312. The lowest BCUT2D eigenvalue weighted by molar-refractivity contribution is 0.669. The average Bonchev–Trinajstić information content (AvgIpc) is 4.04. The maximum absolute atomic E-state index is 6.33. The van der Waals surface area contributed by atoms with E-state index in [2.05, 4.69) is 272 Å².